The summed E-state index contributed by atoms with van der Waals surface area (Å²) in [6, 6.07) is 11.4. The summed E-state index contributed by atoms with van der Waals surface area (Å²) in [5, 5.41) is 0. The lowest BCUT2D eigenvalue weighted by atomic mass is 9.97. The van der Waals surface area contributed by atoms with Crippen LogP contribution in [0.1, 0.15) is 22.3 Å². The molecular weight excluding hydrogens is 331 g/mol. The molecule has 0 saturated carbocycles. The van der Waals surface area contributed by atoms with Crippen molar-refractivity contribution in [1.82, 2.24) is 5.43 Å². The van der Waals surface area contributed by atoms with Crippen molar-refractivity contribution < 1.29 is 4.39 Å². The number of hydrogen-bond donors (Lipinski definition) is 2. The van der Waals surface area contributed by atoms with Gasteiger partial charge in [-0.05, 0) is 49.9 Å². The molecule has 1 atom stereocenters. The van der Waals surface area contributed by atoms with Crippen LogP contribution in [0.2, 0.25) is 0 Å². The highest BCUT2D eigenvalue weighted by Crippen LogP contribution is 2.21. The molecule has 0 radical (unpaired) electrons. The Morgan fingerprint density at radius 2 is 1.76 bits per heavy atom. The van der Waals surface area contributed by atoms with Crippen LogP contribution in [0.5, 0.6) is 0 Å². The van der Waals surface area contributed by atoms with Gasteiger partial charge in [0, 0.05) is 10.5 Å². The fourth-order valence-electron chi connectivity index (χ4n) is 2.61. The molecule has 0 amide bonds. The Hall–Kier alpha value is -1.23. The fourth-order valence-corrected chi connectivity index (χ4v) is 3.13. The lowest BCUT2D eigenvalue weighted by Crippen LogP contribution is -2.38. The van der Waals surface area contributed by atoms with Gasteiger partial charge >= 0.3 is 0 Å². The highest BCUT2D eigenvalue weighted by Gasteiger charge is 2.12. The van der Waals surface area contributed by atoms with Crippen LogP contribution in [0.4, 0.5) is 4.39 Å². The summed E-state index contributed by atoms with van der Waals surface area (Å²) in [7, 11) is 0. The summed E-state index contributed by atoms with van der Waals surface area (Å²) in [6.45, 7) is 4.19. The minimum atomic E-state index is -0.239. The normalized spacial score (nSPS) is 12.4. The first kappa shape index (κ1) is 16.1. The first-order valence-electron chi connectivity index (χ1n) is 6.95. The number of halogens is 2. The lowest BCUT2D eigenvalue weighted by molar-refractivity contribution is 0.521. The molecule has 2 rings (SSSR count). The van der Waals surface area contributed by atoms with Crippen LogP contribution in [0.3, 0.4) is 0 Å². The van der Waals surface area contributed by atoms with Crippen LogP contribution >= 0.6 is 15.9 Å². The molecule has 2 nitrogen and oxygen atoms in total. The van der Waals surface area contributed by atoms with Crippen LogP contribution in [-0.4, -0.2) is 6.04 Å². The van der Waals surface area contributed by atoms with Crippen LogP contribution in [-0.2, 0) is 12.8 Å². The number of hydrazine groups is 1. The maximum absolute atomic E-state index is 13.1. The number of nitrogens with two attached hydrogens (primary N) is 1. The summed E-state index contributed by atoms with van der Waals surface area (Å²) in [5.74, 6) is 5.45. The molecule has 1 unspecified atom stereocenters. The molecule has 0 spiro atoms. The highest BCUT2D eigenvalue weighted by atomic mass is 79.9. The third-order valence-electron chi connectivity index (χ3n) is 3.48. The molecule has 21 heavy (non-hydrogen) atoms. The highest BCUT2D eigenvalue weighted by molar-refractivity contribution is 9.10. The molecule has 0 heterocycles. The summed E-state index contributed by atoms with van der Waals surface area (Å²) < 4.78 is 13.9. The van der Waals surface area contributed by atoms with Crippen molar-refractivity contribution in [2.75, 3.05) is 0 Å². The Bertz CT molecular complexity index is 608. The van der Waals surface area contributed by atoms with E-state index in [9.17, 15) is 4.39 Å². The van der Waals surface area contributed by atoms with Crippen LogP contribution in [0.25, 0.3) is 0 Å². The number of aryl methyl sites for hydroxylation is 2. The average Bonchev–Trinajstić information content (AvgIpc) is 2.39. The van der Waals surface area contributed by atoms with E-state index in [1.165, 1.54) is 28.8 Å². The SMILES string of the molecule is Cc1cc(C)cc(CC(Cc2ccc(F)cc2Br)NN)c1. The van der Waals surface area contributed by atoms with E-state index in [2.05, 4.69) is 53.4 Å². The Kier molecular flexibility index (Phi) is 5.51. The van der Waals surface area contributed by atoms with Gasteiger partial charge in [-0.1, -0.05) is 51.3 Å². The second-order valence-corrected chi connectivity index (χ2v) is 6.36. The summed E-state index contributed by atoms with van der Waals surface area (Å²) in [6.07, 6.45) is 1.58. The van der Waals surface area contributed by atoms with E-state index in [0.717, 1.165) is 22.9 Å². The average molecular weight is 351 g/mol. The van der Waals surface area contributed by atoms with Crippen LogP contribution in [0.15, 0.2) is 40.9 Å². The van der Waals surface area contributed by atoms with E-state index in [0.29, 0.717) is 0 Å². The van der Waals surface area contributed by atoms with Gasteiger partial charge in [-0.25, -0.2) is 4.39 Å². The molecule has 0 aliphatic rings. The Labute approximate surface area is 133 Å². The van der Waals surface area contributed by atoms with Crippen molar-refractivity contribution in [2.24, 2.45) is 5.84 Å². The largest absolute Gasteiger partial charge is 0.271 e. The molecular formula is C17H20BrFN2. The van der Waals surface area contributed by atoms with Crippen molar-refractivity contribution in [2.45, 2.75) is 32.7 Å². The molecule has 0 saturated heterocycles. The van der Waals surface area contributed by atoms with E-state index in [1.807, 2.05) is 0 Å². The maximum Gasteiger partial charge on any atom is 0.124 e. The van der Waals surface area contributed by atoms with Crippen molar-refractivity contribution in [3.8, 4) is 0 Å². The minimum absolute atomic E-state index is 0.105. The van der Waals surface area contributed by atoms with Crippen molar-refractivity contribution >= 4 is 15.9 Å². The summed E-state index contributed by atoms with van der Waals surface area (Å²) in [5.41, 5.74) is 7.68. The lowest BCUT2D eigenvalue weighted by Gasteiger charge is -2.17. The quantitative estimate of drug-likeness (QED) is 0.635. The number of nitrogens with one attached hydrogen (secondary N) is 1. The van der Waals surface area contributed by atoms with E-state index < -0.39 is 0 Å². The third-order valence-corrected chi connectivity index (χ3v) is 4.22. The zero-order chi connectivity index (χ0) is 15.4. The first-order chi connectivity index (χ1) is 9.97. The zero-order valence-corrected chi connectivity index (χ0v) is 13.9. The van der Waals surface area contributed by atoms with Crippen molar-refractivity contribution in [3.05, 3.63) is 68.9 Å². The predicted molar refractivity (Wildman–Crippen MR) is 88.5 cm³/mol. The maximum atomic E-state index is 13.1. The number of benzene rings is 2. The molecule has 2 aromatic rings. The minimum Gasteiger partial charge on any atom is -0.271 e. The van der Waals surface area contributed by atoms with Gasteiger partial charge in [-0.15, -0.1) is 0 Å². The van der Waals surface area contributed by atoms with Gasteiger partial charge in [0.05, 0.1) is 0 Å². The van der Waals surface area contributed by atoms with Crippen molar-refractivity contribution in [1.29, 1.82) is 0 Å². The predicted octanol–water partition coefficient (Wildman–Crippen LogP) is 3.82. The monoisotopic (exact) mass is 350 g/mol. The van der Waals surface area contributed by atoms with Gasteiger partial charge in [0.2, 0.25) is 0 Å². The fraction of sp³-hybridized carbons (Fsp3) is 0.294. The Morgan fingerprint density at radius 1 is 1.10 bits per heavy atom. The summed E-state index contributed by atoms with van der Waals surface area (Å²) in [4.78, 5) is 0. The van der Waals surface area contributed by atoms with E-state index in [1.54, 1.807) is 6.07 Å². The smallest absolute Gasteiger partial charge is 0.124 e. The van der Waals surface area contributed by atoms with Gasteiger partial charge in [-0.3, -0.25) is 11.3 Å². The second kappa shape index (κ2) is 7.16. The molecule has 112 valence electrons. The van der Waals surface area contributed by atoms with E-state index in [4.69, 9.17) is 5.84 Å². The molecule has 4 heteroatoms. The van der Waals surface area contributed by atoms with Gasteiger partial charge < -0.3 is 0 Å². The molecule has 0 aliphatic carbocycles. The molecule has 0 aliphatic heterocycles. The van der Waals surface area contributed by atoms with Crippen molar-refractivity contribution in [3.63, 3.8) is 0 Å². The number of hydrogen-bond acceptors (Lipinski definition) is 2. The molecule has 0 aromatic heterocycles. The standard InChI is InChI=1S/C17H20BrFN2/c1-11-5-12(2)7-13(6-11)8-16(21-20)9-14-3-4-15(19)10-17(14)18/h3-7,10,16,21H,8-9,20H2,1-2H3. The van der Waals surface area contributed by atoms with E-state index in [-0.39, 0.29) is 11.9 Å². The molecule has 3 N–H and O–H groups in total. The van der Waals surface area contributed by atoms with Gasteiger partial charge in [0.15, 0.2) is 0 Å². The van der Waals surface area contributed by atoms with Gasteiger partial charge in [-0.2, -0.15) is 0 Å². The topological polar surface area (TPSA) is 38.0 Å². The molecule has 0 bridgehead atoms. The van der Waals surface area contributed by atoms with E-state index >= 15 is 0 Å². The molecule has 2 aromatic carbocycles. The second-order valence-electron chi connectivity index (χ2n) is 5.50. The van der Waals surface area contributed by atoms with Gasteiger partial charge in [0.1, 0.15) is 5.82 Å². The van der Waals surface area contributed by atoms with Gasteiger partial charge in [0.25, 0.3) is 0 Å². The van der Waals surface area contributed by atoms with Crippen LogP contribution < -0.4 is 11.3 Å². The summed E-state index contributed by atoms with van der Waals surface area (Å²) >= 11 is 3.40. The van der Waals surface area contributed by atoms with Crippen LogP contribution in [0, 0.1) is 19.7 Å². The number of rotatable bonds is 5. The Balaban J connectivity index is 2.12. The Morgan fingerprint density at radius 3 is 2.33 bits per heavy atom. The first-order valence-corrected chi connectivity index (χ1v) is 7.74. The zero-order valence-electron chi connectivity index (χ0n) is 12.3. The molecule has 0 fully saturated rings. The third kappa shape index (κ3) is 4.63.